The maximum absolute atomic E-state index is 11.4. The summed E-state index contributed by atoms with van der Waals surface area (Å²) in [4.78, 5) is 25.2. The van der Waals surface area contributed by atoms with Gasteiger partial charge in [-0.2, -0.15) is 0 Å². The number of piperidine rings is 4. The first kappa shape index (κ1) is 44.4. The van der Waals surface area contributed by atoms with E-state index in [1.807, 2.05) is 4.90 Å². The van der Waals surface area contributed by atoms with E-state index in [1.54, 1.807) is 6.92 Å². The molecule has 5 fully saturated rings. The summed E-state index contributed by atoms with van der Waals surface area (Å²) in [6.07, 6.45) is 15.1. The fraction of sp³-hybridized carbons (Fsp3) is 0.971. The molecule has 0 spiro atoms. The lowest BCUT2D eigenvalue weighted by atomic mass is 9.99. The molecule has 43 heavy (non-hydrogen) atoms. The quantitative estimate of drug-likeness (QED) is 0.445. The van der Waals surface area contributed by atoms with Gasteiger partial charge in [0.2, 0.25) is 5.91 Å². The molecule has 0 aromatic carbocycles. The minimum Gasteiger partial charge on any atom is -0.341 e. The fourth-order valence-electron chi connectivity index (χ4n) is 5.58. The Morgan fingerprint density at radius 1 is 0.512 bits per heavy atom. The Morgan fingerprint density at radius 2 is 0.767 bits per heavy atom. The van der Waals surface area contributed by atoms with Gasteiger partial charge in [0.05, 0.1) is 6.04 Å². The largest absolute Gasteiger partial charge is 0.341 e. The lowest BCUT2D eigenvalue weighted by Crippen LogP contribution is -2.45. The Hall–Kier alpha value is -0.770. The standard InChI is InChI=1S/C9H18N2O.C6H14N2.3C6H13N.2CH4/c1-7-3-5-11(6-4-7)9(12)8(2)10;1-7-3-5-8(2)6-4-7;3*1-7-5-3-2-4-6-7;;/h7-8H,3-6,10H2,1-2H3;3-6H2,1-2H3;3*2-6H2,1H3;2*1H4/t8-;;;;;;/m0....../s1. The molecule has 0 aliphatic carbocycles. The van der Waals surface area contributed by atoms with E-state index in [4.69, 9.17) is 5.73 Å². The van der Waals surface area contributed by atoms with Crippen molar-refractivity contribution in [3.05, 3.63) is 0 Å². The van der Waals surface area contributed by atoms with Crippen molar-refractivity contribution in [1.29, 1.82) is 0 Å². The molecule has 5 aliphatic heterocycles. The molecular weight excluding hydrogens is 534 g/mol. The van der Waals surface area contributed by atoms with E-state index in [-0.39, 0.29) is 26.8 Å². The summed E-state index contributed by atoms with van der Waals surface area (Å²) in [6, 6.07) is -0.335. The zero-order valence-electron chi connectivity index (χ0n) is 28.6. The number of rotatable bonds is 1. The number of nitrogens with two attached hydrogens (primary N) is 1. The molecule has 1 atom stereocenters. The second-order valence-corrected chi connectivity index (χ2v) is 13.5. The maximum atomic E-state index is 11.4. The van der Waals surface area contributed by atoms with Crippen LogP contribution in [0.3, 0.4) is 0 Å². The van der Waals surface area contributed by atoms with E-state index in [0.29, 0.717) is 0 Å². The average molecular weight is 614 g/mol. The van der Waals surface area contributed by atoms with Gasteiger partial charge in [-0.1, -0.05) is 41.0 Å². The van der Waals surface area contributed by atoms with Crippen LogP contribution < -0.4 is 5.73 Å². The van der Waals surface area contributed by atoms with Crippen molar-refractivity contribution in [3.8, 4) is 0 Å². The SMILES string of the molecule is C.C.CC1CCN(C(=O)[C@H](C)N)CC1.CN1CCCCC1.CN1CCCCC1.CN1CCCCC1.CN1CCN(C)CC1. The molecule has 0 radical (unpaired) electrons. The van der Waals surface area contributed by atoms with Crippen LogP contribution in [0.2, 0.25) is 0 Å². The number of piperazine rings is 1. The molecule has 0 bridgehead atoms. The van der Waals surface area contributed by atoms with E-state index in [2.05, 4.69) is 66.7 Å². The van der Waals surface area contributed by atoms with Crippen LogP contribution in [0, 0.1) is 5.92 Å². The highest BCUT2D eigenvalue weighted by Gasteiger charge is 2.22. The predicted molar refractivity (Wildman–Crippen MR) is 191 cm³/mol. The van der Waals surface area contributed by atoms with Crippen LogP contribution in [0.15, 0.2) is 0 Å². The summed E-state index contributed by atoms with van der Waals surface area (Å²) < 4.78 is 0. The fourth-order valence-corrected chi connectivity index (χ4v) is 5.58. The highest BCUT2D eigenvalue weighted by atomic mass is 16.2. The third kappa shape index (κ3) is 24.2. The molecule has 8 heteroatoms. The summed E-state index contributed by atoms with van der Waals surface area (Å²) in [6.45, 7) is 18.6. The molecule has 8 nitrogen and oxygen atoms in total. The second kappa shape index (κ2) is 27.5. The second-order valence-electron chi connectivity index (χ2n) is 13.5. The summed E-state index contributed by atoms with van der Waals surface area (Å²) in [5, 5.41) is 0. The first-order chi connectivity index (χ1) is 19.6. The normalized spacial score (nSPS) is 23.5. The molecule has 260 valence electrons. The summed E-state index contributed by atoms with van der Waals surface area (Å²) >= 11 is 0. The van der Waals surface area contributed by atoms with Crippen molar-refractivity contribution in [2.75, 3.05) is 114 Å². The number of nitrogens with zero attached hydrogens (tertiary/aromatic N) is 6. The lowest BCUT2D eigenvalue weighted by Gasteiger charge is -2.31. The number of likely N-dealkylation sites (tertiary alicyclic amines) is 4. The number of hydrogen-bond donors (Lipinski definition) is 1. The Balaban J connectivity index is 0. The van der Waals surface area contributed by atoms with Crippen molar-refractivity contribution in [3.63, 3.8) is 0 Å². The maximum Gasteiger partial charge on any atom is 0.239 e. The van der Waals surface area contributed by atoms with Crippen LogP contribution in [-0.4, -0.2) is 155 Å². The van der Waals surface area contributed by atoms with E-state index in [9.17, 15) is 4.79 Å². The van der Waals surface area contributed by atoms with Gasteiger partial charge in [-0.3, -0.25) is 4.79 Å². The van der Waals surface area contributed by atoms with Crippen LogP contribution in [0.5, 0.6) is 0 Å². The average Bonchev–Trinajstić information content (AvgIpc) is 2.97. The van der Waals surface area contributed by atoms with Gasteiger partial charge in [0.25, 0.3) is 0 Å². The van der Waals surface area contributed by atoms with E-state index in [1.165, 1.54) is 123 Å². The zero-order valence-corrected chi connectivity index (χ0v) is 28.6. The minimum absolute atomic E-state index is 0. The number of carbonyl (C=O) groups is 1. The molecule has 0 aromatic heterocycles. The van der Waals surface area contributed by atoms with Gasteiger partial charge in [0, 0.05) is 39.3 Å². The Labute approximate surface area is 270 Å². The monoisotopic (exact) mass is 614 g/mol. The molecule has 5 saturated heterocycles. The summed E-state index contributed by atoms with van der Waals surface area (Å²) in [5.74, 6) is 0.865. The van der Waals surface area contributed by atoms with Crippen molar-refractivity contribution in [2.24, 2.45) is 11.7 Å². The summed E-state index contributed by atoms with van der Waals surface area (Å²) in [7, 11) is 10.9. The number of amides is 1. The van der Waals surface area contributed by atoms with Crippen LogP contribution >= 0.6 is 0 Å². The predicted octanol–water partition coefficient (Wildman–Crippen LogP) is 5.03. The van der Waals surface area contributed by atoms with Gasteiger partial charge in [0.15, 0.2) is 0 Å². The molecule has 1 amide bonds. The first-order valence-corrected chi connectivity index (χ1v) is 17.1. The molecule has 5 rings (SSSR count). The Kier molecular flexibility index (Phi) is 28.4. The van der Waals surface area contributed by atoms with Crippen LogP contribution in [0.25, 0.3) is 0 Å². The Morgan fingerprint density at radius 3 is 0.977 bits per heavy atom. The number of likely N-dealkylation sites (N-methyl/N-ethyl adjacent to an activating group) is 2. The molecule has 5 heterocycles. The van der Waals surface area contributed by atoms with Crippen molar-refractivity contribution in [1.82, 2.24) is 29.4 Å². The van der Waals surface area contributed by atoms with Gasteiger partial charge >= 0.3 is 0 Å². The number of carbonyl (C=O) groups excluding carboxylic acids is 1. The molecular formula is C35H79N7O. The highest BCUT2D eigenvalue weighted by molar-refractivity contribution is 5.81. The van der Waals surface area contributed by atoms with E-state index < -0.39 is 0 Å². The molecule has 0 saturated carbocycles. The van der Waals surface area contributed by atoms with E-state index in [0.717, 1.165) is 31.8 Å². The smallest absolute Gasteiger partial charge is 0.239 e. The summed E-state index contributed by atoms with van der Waals surface area (Å²) in [5.41, 5.74) is 5.51. The Bertz CT molecular complexity index is 553. The third-order valence-electron chi connectivity index (χ3n) is 8.95. The minimum atomic E-state index is -0.335. The van der Waals surface area contributed by atoms with Crippen LogP contribution in [0.1, 0.15) is 99.3 Å². The zero-order chi connectivity index (χ0) is 30.5. The first-order valence-electron chi connectivity index (χ1n) is 17.1. The van der Waals surface area contributed by atoms with Gasteiger partial charge in [-0.25, -0.2) is 0 Å². The highest BCUT2D eigenvalue weighted by Crippen LogP contribution is 2.16. The van der Waals surface area contributed by atoms with Gasteiger partial charge in [-0.15, -0.1) is 0 Å². The third-order valence-corrected chi connectivity index (χ3v) is 8.95. The molecule has 2 N–H and O–H groups in total. The van der Waals surface area contributed by atoms with Crippen LogP contribution in [-0.2, 0) is 4.79 Å². The molecule has 0 unspecified atom stereocenters. The van der Waals surface area contributed by atoms with Gasteiger partial charge < -0.3 is 35.1 Å². The van der Waals surface area contributed by atoms with Crippen molar-refractivity contribution in [2.45, 2.75) is 105 Å². The molecule has 0 aromatic rings. The van der Waals surface area contributed by atoms with E-state index >= 15 is 0 Å². The van der Waals surface area contributed by atoms with Gasteiger partial charge in [0.1, 0.15) is 0 Å². The van der Waals surface area contributed by atoms with Gasteiger partial charge in [-0.05, 0) is 139 Å². The lowest BCUT2D eigenvalue weighted by molar-refractivity contribution is -0.133. The number of hydrogen-bond acceptors (Lipinski definition) is 7. The molecule has 5 aliphatic rings. The van der Waals surface area contributed by atoms with Crippen LogP contribution in [0.4, 0.5) is 0 Å². The van der Waals surface area contributed by atoms with Crippen molar-refractivity contribution < 1.29 is 4.79 Å². The topological polar surface area (TPSA) is 62.5 Å². The van der Waals surface area contributed by atoms with Crippen molar-refractivity contribution >= 4 is 5.91 Å².